The van der Waals surface area contributed by atoms with Crippen LogP contribution in [0.3, 0.4) is 0 Å². The number of aliphatic hydroxyl groups excluding tert-OH is 1. The van der Waals surface area contributed by atoms with Crippen LogP contribution in [0.5, 0.6) is 0 Å². The van der Waals surface area contributed by atoms with Gasteiger partial charge in [-0.15, -0.1) is 0 Å². The molecule has 0 rings (SSSR count). The summed E-state index contributed by atoms with van der Waals surface area (Å²) in [6.07, 6.45) is 52.7. The van der Waals surface area contributed by atoms with Crippen molar-refractivity contribution in [1.29, 1.82) is 0 Å². The number of hydrogen-bond donors (Lipinski definition) is 3. The van der Waals surface area contributed by atoms with Crippen LogP contribution in [0.15, 0.2) is 0 Å². The molecule has 0 amide bonds. The van der Waals surface area contributed by atoms with Crippen LogP contribution in [0, 0.1) is 11.8 Å². The zero-order chi connectivity index (χ0) is 68.6. The molecule has 0 radical (unpaired) electrons. The van der Waals surface area contributed by atoms with Gasteiger partial charge in [-0.25, -0.2) is 9.13 Å². The maximum Gasteiger partial charge on any atom is 0.472 e. The predicted octanol–water partition coefficient (Wildman–Crippen LogP) is 21.6. The lowest BCUT2D eigenvalue weighted by molar-refractivity contribution is -0.161. The van der Waals surface area contributed by atoms with Gasteiger partial charge in [0.1, 0.15) is 19.3 Å². The lowest BCUT2D eigenvalue weighted by Crippen LogP contribution is -2.30. The van der Waals surface area contributed by atoms with Gasteiger partial charge < -0.3 is 33.8 Å². The Hall–Kier alpha value is -1.94. The lowest BCUT2D eigenvalue weighted by atomic mass is 10.0. The Balaban J connectivity index is 5.25. The van der Waals surface area contributed by atoms with Crippen LogP contribution >= 0.6 is 15.6 Å². The van der Waals surface area contributed by atoms with Gasteiger partial charge in [0.2, 0.25) is 0 Å². The summed E-state index contributed by atoms with van der Waals surface area (Å²) >= 11 is 0. The molecule has 552 valence electrons. The first-order chi connectivity index (χ1) is 44.9. The summed E-state index contributed by atoms with van der Waals surface area (Å²) in [7, 11) is -9.91. The van der Waals surface area contributed by atoms with Crippen molar-refractivity contribution in [2.75, 3.05) is 39.6 Å². The first-order valence-corrected chi connectivity index (χ1v) is 41.5. The first kappa shape index (κ1) is 91.1. The molecule has 0 aliphatic rings. The van der Waals surface area contributed by atoms with Crippen molar-refractivity contribution in [1.82, 2.24) is 0 Å². The summed E-state index contributed by atoms with van der Waals surface area (Å²) in [6.45, 7) is 9.53. The van der Waals surface area contributed by atoms with E-state index in [9.17, 15) is 43.2 Å². The minimum atomic E-state index is -4.95. The molecule has 0 aromatic rings. The summed E-state index contributed by atoms with van der Waals surface area (Å²) in [5, 5.41) is 10.6. The summed E-state index contributed by atoms with van der Waals surface area (Å²) in [6, 6.07) is 0. The Kier molecular flexibility index (Phi) is 64.6. The Bertz CT molecular complexity index is 1800. The van der Waals surface area contributed by atoms with Crippen molar-refractivity contribution < 1.29 is 80.2 Å². The molecule has 19 heteroatoms. The topological polar surface area (TPSA) is 237 Å². The number of rotatable bonds is 73. The van der Waals surface area contributed by atoms with Gasteiger partial charge in [-0.05, 0) is 37.5 Å². The van der Waals surface area contributed by atoms with E-state index >= 15 is 0 Å². The second kappa shape index (κ2) is 66.0. The Morgan fingerprint density at radius 2 is 0.495 bits per heavy atom. The number of phosphoric acid groups is 2. The van der Waals surface area contributed by atoms with E-state index in [-0.39, 0.29) is 25.7 Å². The summed E-state index contributed by atoms with van der Waals surface area (Å²) in [5.74, 6) is -0.655. The minimum absolute atomic E-state index is 0.105. The molecule has 0 fully saturated rings. The number of hydrogen-bond acceptors (Lipinski definition) is 15. The Morgan fingerprint density at radius 1 is 0.290 bits per heavy atom. The van der Waals surface area contributed by atoms with Gasteiger partial charge in [0.05, 0.1) is 26.4 Å². The number of ether oxygens (including phenoxy) is 4. The van der Waals surface area contributed by atoms with Crippen LogP contribution in [-0.4, -0.2) is 96.7 Å². The van der Waals surface area contributed by atoms with E-state index in [0.717, 1.165) is 102 Å². The van der Waals surface area contributed by atoms with Crippen molar-refractivity contribution in [2.24, 2.45) is 11.8 Å². The number of aliphatic hydroxyl groups is 1. The monoisotopic (exact) mass is 1370 g/mol. The van der Waals surface area contributed by atoms with Crippen LogP contribution in [0.1, 0.15) is 382 Å². The molecule has 0 aromatic heterocycles. The highest BCUT2D eigenvalue weighted by Gasteiger charge is 2.30. The summed E-state index contributed by atoms with van der Waals surface area (Å²) in [5.41, 5.74) is 0. The fraction of sp³-hybridized carbons (Fsp3) is 0.946. The van der Waals surface area contributed by atoms with Crippen LogP contribution in [0.4, 0.5) is 0 Å². The molecule has 0 aliphatic carbocycles. The molecule has 0 bridgehead atoms. The maximum absolute atomic E-state index is 13.1. The molecule has 0 saturated heterocycles. The first-order valence-electron chi connectivity index (χ1n) is 38.5. The van der Waals surface area contributed by atoms with E-state index in [1.165, 1.54) is 199 Å². The van der Waals surface area contributed by atoms with E-state index in [0.29, 0.717) is 25.7 Å². The molecule has 3 N–H and O–H groups in total. The van der Waals surface area contributed by atoms with Gasteiger partial charge in [-0.3, -0.25) is 37.3 Å². The Morgan fingerprint density at radius 3 is 0.731 bits per heavy atom. The molecule has 0 saturated carbocycles. The van der Waals surface area contributed by atoms with Crippen LogP contribution < -0.4 is 0 Å². The quantitative estimate of drug-likeness (QED) is 0.0222. The zero-order valence-corrected chi connectivity index (χ0v) is 62.3. The maximum atomic E-state index is 13.1. The van der Waals surface area contributed by atoms with Crippen molar-refractivity contribution in [2.45, 2.75) is 400 Å². The normalized spacial score (nSPS) is 14.1. The Labute approximate surface area is 568 Å². The second-order valence-corrected chi connectivity index (χ2v) is 30.5. The van der Waals surface area contributed by atoms with Gasteiger partial charge in [0.25, 0.3) is 0 Å². The number of esters is 4. The predicted molar refractivity (Wildman–Crippen MR) is 377 cm³/mol. The zero-order valence-electron chi connectivity index (χ0n) is 60.6. The molecule has 0 aliphatic heterocycles. The molecular weight excluding hydrogens is 1220 g/mol. The SMILES string of the molecule is CCCCCCCCCCCCCCCCCCC(=O)O[C@H](COC(=O)CCCCCCCCCCCCCCCC)COP(=O)(O)OC[C@@H](O)COP(=O)(O)OC[C@@H](COC(=O)CCCCCCCCCCC(C)C)OC(=O)CCCCCCCCCCCC(C)C. The average Bonchev–Trinajstić information content (AvgIpc) is 3.27. The largest absolute Gasteiger partial charge is 0.472 e. The molecular formula is C74H144O17P2. The van der Waals surface area contributed by atoms with Crippen LogP contribution in [0.25, 0.3) is 0 Å². The third kappa shape index (κ3) is 68.4. The summed E-state index contributed by atoms with van der Waals surface area (Å²) < 4.78 is 68.5. The second-order valence-electron chi connectivity index (χ2n) is 27.6. The fourth-order valence-electron chi connectivity index (χ4n) is 11.3. The standard InChI is InChI=1S/C74H144O17P2/c1-7-9-11-13-15-17-19-21-23-24-26-28-32-40-46-52-58-73(78)90-69(62-84-71(76)56-50-44-38-31-27-25-22-20-18-16-14-12-10-8-2)64-88-92(80,81)86-60-68(75)61-87-93(82,83)89-65-70(63-85-72(77)57-51-45-39-35-34-37-43-49-55-67(5)6)91-74(79)59-53-47-41-33-29-30-36-42-48-54-66(3)4/h66-70,75H,7-65H2,1-6H3,(H,80,81)(H,82,83)/t68-,69-,70-/m1/s1. The third-order valence-electron chi connectivity index (χ3n) is 17.2. The van der Waals surface area contributed by atoms with E-state index in [2.05, 4.69) is 41.5 Å². The van der Waals surface area contributed by atoms with Crippen molar-refractivity contribution in [3.8, 4) is 0 Å². The van der Waals surface area contributed by atoms with Gasteiger partial charge in [-0.2, -0.15) is 0 Å². The highest BCUT2D eigenvalue weighted by molar-refractivity contribution is 7.47. The van der Waals surface area contributed by atoms with Crippen molar-refractivity contribution >= 4 is 39.5 Å². The highest BCUT2D eigenvalue weighted by atomic mass is 31.2. The minimum Gasteiger partial charge on any atom is -0.462 e. The van der Waals surface area contributed by atoms with Crippen molar-refractivity contribution in [3.05, 3.63) is 0 Å². The number of unbranched alkanes of at least 4 members (excludes halogenated alkanes) is 43. The van der Waals surface area contributed by atoms with Crippen LogP contribution in [-0.2, 0) is 65.4 Å². The lowest BCUT2D eigenvalue weighted by Gasteiger charge is -2.21. The van der Waals surface area contributed by atoms with Gasteiger partial charge >= 0.3 is 39.5 Å². The molecule has 0 spiro atoms. The van der Waals surface area contributed by atoms with Crippen molar-refractivity contribution in [3.63, 3.8) is 0 Å². The molecule has 2 unspecified atom stereocenters. The van der Waals surface area contributed by atoms with E-state index in [4.69, 9.17) is 37.0 Å². The molecule has 5 atom stereocenters. The molecule has 93 heavy (non-hydrogen) atoms. The van der Waals surface area contributed by atoms with Gasteiger partial charge in [-0.1, -0.05) is 330 Å². The molecule has 0 aromatic carbocycles. The van der Waals surface area contributed by atoms with Gasteiger partial charge in [0, 0.05) is 25.7 Å². The van der Waals surface area contributed by atoms with E-state index in [1.54, 1.807) is 0 Å². The highest BCUT2D eigenvalue weighted by Crippen LogP contribution is 2.45. The fourth-order valence-corrected chi connectivity index (χ4v) is 12.9. The molecule has 0 heterocycles. The number of carbonyl (C=O) groups excluding carboxylic acids is 4. The smallest absolute Gasteiger partial charge is 0.462 e. The van der Waals surface area contributed by atoms with E-state index < -0.39 is 97.5 Å². The van der Waals surface area contributed by atoms with Crippen LogP contribution in [0.2, 0.25) is 0 Å². The van der Waals surface area contributed by atoms with Gasteiger partial charge in [0.15, 0.2) is 12.2 Å². The molecule has 17 nitrogen and oxygen atoms in total. The van der Waals surface area contributed by atoms with E-state index in [1.807, 2.05) is 0 Å². The number of phosphoric ester groups is 2. The average molecular weight is 1370 g/mol. The third-order valence-corrected chi connectivity index (χ3v) is 19.1. The summed E-state index contributed by atoms with van der Waals surface area (Å²) in [4.78, 5) is 72.7. The number of carbonyl (C=O) groups is 4.